The van der Waals surface area contributed by atoms with Gasteiger partial charge in [-0.2, -0.15) is 0 Å². The Bertz CT molecular complexity index is 594. The zero-order valence-corrected chi connectivity index (χ0v) is 15.5. The molecule has 1 atom stereocenters. The van der Waals surface area contributed by atoms with Crippen LogP contribution in [0.15, 0.2) is 6.20 Å². The molecule has 0 bridgehead atoms. The maximum Gasteiger partial charge on any atom is 0.410 e. The second-order valence-electron chi connectivity index (χ2n) is 7.20. The lowest BCUT2D eigenvalue weighted by molar-refractivity contribution is 0.00824. The number of amides is 1. The van der Waals surface area contributed by atoms with Gasteiger partial charge in [0.25, 0.3) is 0 Å². The minimum atomic E-state index is -0.500. The molecule has 0 spiro atoms. The van der Waals surface area contributed by atoms with Crippen molar-refractivity contribution in [3.63, 3.8) is 0 Å². The minimum Gasteiger partial charge on any atom is -0.461 e. The normalized spacial score (nSPS) is 18.1. The average Bonchev–Trinajstić information content (AvgIpc) is 3.01. The summed E-state index contributed by atoms with van der Waals surface area (Å²) in [6, 6.07) is 0.110. The lowest BCUT2D eigenvalue weighted by Crippen LogP contribution is -2.46. The molecule has 0 N–H and O–H groups in total. The van der Waals surface area contributed by atoms with Gasteiger partial charge >= 0.3 is 12.1 Å². The maximum atomic E-state index is 12.4. The van der Waals surface area contributed by atoms with Crippen molar-refractivity contribution < 1.29 is 19.1 Å². The summed E-state index contributed by atoms with van der Waals surface area (Å²) in [5.74, 6) is -0.471. The molecule has 1 aromatic rings. The summed E-state index contributed by atoms with van der Waals surface area (Å²) in [6.07, 6.45) is 5.09. The number of carbonyl (C=O) groups excluding carboxylic acids is 2. The molecule has 1 saturated heterocycles. The molecule has 2 rings (SSSR count). The van der Waals surface area contributed by atoms with Gasteiger partial charge in [0, 0.05) is 19.1 Å². The Morgan fingerprint density at radius 2 is 2.08 bits per heavy atom. The van der Waals surface area contributed by atoms with Crippen molar-refractivity contribution >= 4 is 12.1 Å². The number of hydrogen-bond acceptors (Lipinski definition) is 6. The van der Waals surface area contributed by atoms with Crippen LogP contribution in [0.1, 0.15) is 63.9 Å². The highest BCUT2D eigenvalue weighted by atomic mass is 16.6. The number of piperidine rings is 1. The monoisotopic (exact) mass is 352 g/mol. The molecule has 0 saturated carbocycles. The molecule has 0 radical (unpaired) electrons. The van der Waals surface area contributed by atoms with Crippen molar-refractivity contribution in [2.45, 2.75) is 71.6 Å². The van der Waals surface area contributed by atoms with Crippen LogP contribution in [0, 0.1) is 0 Å². The topological polar surface area (TPSA) is 86.5 Å². The third-order valence-corrected chi connectivity index (χ3v) is 3.97. The Hall–Kier alpha value is -2.12. The van der Waals surface area contributed by atoms with Gasteiger partial charge in [-0.25, -0.2) is 9.59 Å². The van der Waals surface area contributed by atoms with E-state index < -0.39 is 11.6 Å². The van der Waals surface area contributed by atoms with E-state index in [1.54, 1.807) is 17.8 Å². The van der Waals surface area contributed by atoms with E-state index in [1.165, 1.54) is 0 Å². The van der Waals surface area contributed by atoms with Crippen LogP contribution in [-0.4, -0.2) is 56.8 Å². The van der Waals surface area contributed by atoms with Crippen LogP contribution in [0.5, 0.6) is 0 Å². The molecule has 0 aromatic carbocycles. The zero-order valence-electron chi connectivity index (χ0n) is 15.5. The summed E-state index contributed by atoms with van der Waals surface area (Å²) in [7, 11) is 0. The number of carbonyl (C=O) groups is 2. The van der Waals surface area contributed by atoms with Crippen LogP contribution >= 0.6 is 0 Å². The van der Waals surface area contributed by atoms with E-state index in [0.717, 1.165) is 25.7 Å². The highest BCUT2D eigenvalue weighted by Crippen LogP contribution is 2.23. The largest absolute Gasteiger partial charge is 0.461 e. The van der Waals surface area contributed by atoms with Crippen LogP contribution in [0.4, 0.5) is 4.79 Å². The van der Waals surface area contributed by atoms with Crippen LogP contribution in [-0.2, 0) is 16.0 Å². The fourth-order valence-corrected chi connectivity index (χ4v) is 2.85. The van der Waals surface area contributed by atoms with Gasteiger partial charge in [-0.05, 0) is 53.4 Å². The summed E-state index contributed by atoms with van der Waals surface area (Å²) in [6.45, 7) is 8.96. The molecule has 8 nitrogen and oxygen atoms in total. The quantitative estimate of drug-likeness (QED) is 0.757. The predicted molar refractivity (Wildman–Crippen MR) is 91.2 cm³/mol. The number of likely N-dealkylation sites (tertiary alicyclic amines) is 1. The molecule has 0 aliphatic carbocycles. The number of aromatic nitrogens is 3. The number of hydrogen-bond donors (Lipinski definition) is 0. The van der Waals surface area contributed by atoms with Crippen LogP contribution < -0.4 is 0 Å². The van der Waals surface area contributed by atoms with E-state index in [-0.39, 0.29) is 17.8 Å². The zero-order chi connectivity index (χ0) is 18.4. The number of aryl methyl sites for hydroxylation is 1. The minimum absolute atomic E-state index is 0.110. The molecule has 140 valence electrons. The molecule has 8 heteroatoms. The molecule has 25 heavy (non-hydrogen) atoms. The third-order valence-electron chi connectivity index (χ3n) is 3.97. The number of esters is 1. The molecular weight excluding hydrogens is 324 g/mol. The van der Waals surface area contributed by atoms with Gasteiger partial charge < -0.3 is 14.4 Å². The summed E-state index contributed by atoms with van der Waals surface area (Å²) in [5, 5.41) is 7.80. The van der Waals surface area contributed by atoms with Gasteiger partial charge in [-0.15, -0.1) is 5.10 Å². The van der Waals surface area contributed by atoms with Crippen LogP contribution in [0.3, 0.4) is 0 Å². The fraction of sp³-hybridized carbons (Fsp3) is 0.765. The molecule has 1 aromatic heterocycles. The summed E-state index contributed by atoms with van der Waals surface area (Å²) >= 11 is 0. The van der Waals surface area contributed by atoms with E-state index in [4.69, 9.17) is 9.47 Å². The van der Waals surface area contributed by atoms with Crippen molar-refractivity contribution in [1.82, 2.24) is 19.9 Å². The summed E-state index contributed by atoms with van der Waals surface area (Å²) in [4.78, 5) is 25.9. The number of ether oxygens (including phenoxy) is 2. The molecule has 1 amide bonds. The van der Waals surface area contributed by atoms with Gasteiger partial charge in [0.1, 0.15) is 5.60 Å². The third kappa shape index (κ3) is 5.72. The molecule has 2 heterocycles. The summed E-state index contributed by atoms with van der Waals surface area (Å²) in [5.41, 5.74) is -0.297. The Balaban J connectivity index is 1.93. The van der Waals surface area contributed by atoms with Gasteiger partial charge in [0.15, 0.2) is 5.69 Å². The number of nitrogens with zero attached hydrogens (tertiary/aromatic N) is 4. The van der Waals surface area contributed by atoms with Crippen molar-refractivity contribution in [1.29, 1.82) is 0 Å². The Kier molecular flexibility index (Phi) is 6.39. The van der Waals surface area contributed by atoms with Crippen molar-refractivity contribution in [3.05, 3.63) is 11.9 Å². The Morgan fingerprint density at radius 3 is 2.76 bits per heavy atom. The van der Waals surface area contributed by atoms with Gasteiger partial charge in [-0.3, -0.25) is 4.68 Å². The number of rotatable bonds is 5. The average molecular weight is 352 g/mol. The highest BCUT2D eigenvalue weighted by molar-refractivity contribution is 5.86. The molecule has 1 aliphatic rings. The van der Waals surface area contributed by atoms with E-state index >= 15 is 0 Å². The molecule has 1 fully saturated rings. The van der Waals surface area contributed by atoms with Crippen LogP contribution in [0.25, 0.3) is 0 Å². The fourth-order valence-electron chi connectivity index (χ4n) is 2.85. The van der Waals surface area contributed by atoms with E-state index in [1.807, 2.05) is 25.7 Å². The predicted octanol–water partition coefficient (Wildman–Crippen LogP) is 2.63. The first-order chi connectivity index (χ1) is 11.8. The first kappa shape index (κ1) is 19.2. The Morgan fingerprint density at radius 1 is 1.32 bits per heavy atom. The SMILES string of the molecule is CCOC(=O)c1cn(CC[C@H]2CCCCN2C(=O)OC(C)(C)C)nn1. The molecule has 0 unspecified atom stereocenters. The van der Waals surface area contributed by atoms with Gasteiger partial charge in [0.2, 0.25) is 0 Å². The lowest BCUT2D eigenvalue weighted by atomic mass is 10.00. The second kappa shape index (κ2) is 8.31. The van der Waals surface area contributed by atoms with Gasteiger partial charge in [-0.1, -0.05) is 5.21 Å². The summed E-state index contributed by atoms with van der Waals surface area (Å²) < 4.78 is 12.0. The van der Waals surface area contributed by atoms with E-state index in [0.29, 0.717) is 19.7 Å². The Labute approximate surface area is 148 Å². The highest BCUT2D eigenvalue weighted by Gasteiger charge is 2.30. The van der Waals surface area contributed by atoms with E-state index in [9.17, 15) is 9.59 Å². The van der Waals surface area contributed by atoms with Crippen molar-refractivity contribution in [2.75, 3.05) is 13.2 Å². The lowest BCUT2D eigenvalue weighted by Gasteiger charge is -2.36. The van der Waals surface area contributed by atoms with Crippen LogP contribution in [0.2, 0.25) is 0 Å². The second-order valence-corrected chi connectivity index (χ2v) is 7.20. The molecule has 1 aliphatic heterocycles. The van der Waals surface area contributed by atoms with Crippen molar-refractivity contribution in [3.8, 4) is 0 Å². The first-order valence-corrected chi connectivity index (χ1v) is 8.87. The smallest absolute Gasteiger partial charge is 0.410 e. The maximum absolute atomic E-state index is 12.4. The van der Waals surface area contributed by atoms with Gasteiger partial charge in [0.05, 0.1) is 12.8 Å². The standard InChI is InChI=1S/C17H28N4O4/c1-5-24-15(22)14-12-20(19-18-14)11-9-13-8-6-7-10-21(13)16(23)25-17(2,3)4/h12-13H,5-11H2,1-4H3/t13-/m1/s1. The van der Waals surface area contributed by atoms with E-state index in [2.05, 4.69) is 10.3 Å². The first-order valence-electron chi connectivity index (χ1n) is 8.87. The molecular formula is C17H28N4O4. The van der Waals surface area contributed by atoms with Crippen molar-refractivity contribution in [2.24, 2.45) is 0 Å².